The van der Waals surface area contributed by atoms with E-state index in [4.69, 9.17) is 0 Å². The third-order valence-corrected chi connectivity index (χ3v) is 4.01. The Morgan fingerprint density at radius 1 is 0.952 bits per heavy atom. The minimum Gasteiger partial charge on any atom is -0.310 e. The maximum Gasteiger partial charge on any atom is 0.0366 e. The van der Waals surface area contributed by atoms with Gasteiger partial charge in [0.05, 0.1) is 0 Å². The highest BCUT2D eigenvalue weighted by molar-refractivity contribution is 5.40. The minimum atomic E-state index is 0.396. The van der Waals surface area contributed by atoms with Gasteiger partial charge in [-0.3, -0.25) is 0 Å². The second-order valence-electron chi connectivity index (χ2n) is 6.01. The van der Waals surface area contributed by atoms with Crippen molar-refractivity contribution in [2.75, 3.05) is 6.54 Å². The topological polar surface area (TPSA) is 12.0 Å². The molecule has 0 bridgehead atoms. The summed E-state index contributed by atoms with van der Waals surface area (Å²) in [5, 5.41) is 3.74. The van der Waals surface area contributed by atoms with Crippen LogP contribution in [0.4, 0.5) is 0 Å². The summed E-state index contributed by atoms with van der Waals surface area (Å²) in [4.78, 5) is 0. The lowest BCUT2D eigenvalue weighted by Gasteiger charge is -2.24. The van der Waals surface area contributed by atoms with Gasteiger partial charge in [-0.05, 0) is 62.4 Å². The molecule has 1 unspecified atom stereocenters. The smallest absolute Gasteiger partial charge is 0.0366 e. The Bertz CT molecular complexity index is 549. The standard InChI is InChI=1S/C20H27N/c1-5-11-21-19(14-18-9-7-6-8-10-18)20-16(3)12-15(2)13-17(20)4/h6-10,12-13,19,21H,5,11,14H2,1-4H3. The van der Waals surface area contributed by atoms with E-state index in [1.165, 1.54) is 27.8 Å². The van der Waals surface area contributed by atoms with E-state index >= 15 is 0 Å². The monoisotopic (exact) mass is 281 g/mol. The van der Waals surface area contributed by atoms with Crippen LogP contribution in [0.3, 0.4) is 0 Å². The van der Waals surface area contributed by atoms with Crippen LogP contribution in [0.15, 0.2) is 42.5 Å². The van der Waals surface area contributed by atoms with Crippen molar-refractivity contribution in [1.82, 2.24) is 5.32 Å². The second-order valence-corrected chi connectivity index (χ2v) is 6.01. The van der Waals surface area contributed by atoms with Gasteiger partial charge in [-0.1, -0.05) is 55.0 Å². The molecule has 0 heterocycles. The lowest BCUT2D eigenvalue weighted by molar-refractivity contribution is 0.525. The zero-order valence-corrected chi connectivity index (χ0v) is 13.7. The number of rotatable bonds is 6. The molecule has 1 heteroatoms. The van der Waals surface area contributed by atoms with Gasteiger partial charge < -0.3 is 5.32 Å². The first kappa shape index (κ1) is 15.8. The van der Waals surface area contributed by atoms with E-state index in [0.29, 0.717) is 6.04 Å². The molecule has 0 aliphatic rings. The first-order chi connectivity index (χ1) is 10.1. The van der Waals surface area contributed by atoms with Gasteiger partial charge in [-0.25, -0.2) is 0 Å². The number of hydrogen-bond donors (Lipinski definition) is 1. The summed E-state index contributed by atoms with van der Waals surface area (Å²) >= 11 is 0. The fraction of sp³-hybridized carbons (Fsp3) is 0.400. The fourth-order valence-electron chi connectivity index (χ4n) is 3.19. The average Bonchev–Trinajstić information content (AvgIpc) is 2.44. The maximum atomic E-state index is 3.74. The van der Waals surface area contributed by atoms with Crippen LogP contribution in [0, 0.1) is 20.8 Å². The molecule has 0 saturated heterocycles. The summed E-state index contributed by atoms with van der Waals surface area (Å²) in [6.45, 7) is 9.93. The molecule has 0 aliphatic heterocycles. The van der Waals surface area contributed by atoms with Crippen molar-refractivity contribution in [3.05, 3.63) is 70.3 Å². The SMILES string of the molecule is CCCNC(Cc1ccccc1)c1c(C)cc(C)cc1C. The van der Waals surface area contributed by atoms with Crippen molar-refractivity contribution in [1.29, 1.82) is 0 Å². The normalized spacial score (nSPS) is 12.4. The molecule has 2 aromatic carbocycles. The molecule has 0 aliphatic carbocycles. The summed E-state index contributed by atoms with van der Waals surface area (Å²) in [7, 11) is 0. The molecule has 1 nitrogen and oxygen atoms in total. The second kappa shape index (κ2) is 7.42. The molecule has 0 saturated carbocycles. The van der Waals surface area contributed by atoms with E-state index in [1.54, 1.807) is 0 Å². The largest absolute Gasteiger partial charge is 0.310 e. The van der Waals surface area contributed by atoms with Crippen LogP contribution >= 0.6 is 0 Å². The molecule has 0 amide bonds. The van der Waals surface area contributed by atoms with E-state index < -0.39 is 0 Å². The van der Waals surface area contributed by atoms with Gasteiger partial charge in [0.2, 0.25) is 0 Å². The predicted molar refractivity (Wildman–Crippen MR) is 91.8 cm³/mol. The Labute approximate surface area is 129 Å². The summed E-state index contributed by atoms with van der Waals surface area (Å²) in [6, 6.07) is 15.8. The van der Waals surface area contributed by atoms with Gasteiger partial charge in [0.1, 0.15) is 0 Å². The van der Waals surface area contributed by atoms with Gasteiger partial charge >= 0.3 is 0 Å². The highest BCUT2D eigenvalue weighted by Crippen LogP contribution is 2.26. The zero-order chi connectivity index (χ0) is 15.2. The van der Waals surface area contributed by atoms with Gasteiger partial charge in [0, 0.05) is 6.04 Å². The van der Waals surface area contributed by atoms with Crippen molar-refractivity contribution >= 4 is 0 Å². The third kappa shape index (κ3) is 4.18. The van der Waals surface area contributed by atoms with Crippen molar-refractivity contribution in [3.8, 4) is 0 Å². The molecule has 21 heavy (non-hydrogen) atoms. The Hall–Kier alpha value is -1.60. The predicted octanol–water partition coefficient (Wildman–Crippen LogP) is 4.90. The number of benzene rings is 2. The maximum absolute atomic E-state index is 3.74. The van der Waals surface area contributed by atoms with Crippen molar-refractivity contribution in [3.63, 3.8) is 0 Å². The van der Waals surface area contributed by atoms with Crippen LogP contribution in [0.2, 0.25) is 0 Å². The molecule has 112 valence electrons. The fourth-order valence-corrected chi connectivity index (χ4v) is 3.19. The van der Waals surface area contributed by atoms with Gasteiger partial charge in [0.25, 0.3) is 0 Å². The summed E-state index contributed by atoms with van der Waals surface area (Å²) in [6.07, 6.45) is 2.21. The van der Waals surface area contributed by atoms with Crippen molar-refractivity contribution < 1.29 is 0 Å². The average molecular weight is 281 g/mol. The lowest BCUT2D eigenvalue weighted by atomic mass is 9.90. The molecular weight excluding hydrogens is 254 g/mol. The molecule has 2 rings (SSSR count). The first-order valence-corrected chi connectivity index (χ1v) is 7.97. The van der Waals surface area contributed by atoms with Crippen LogP contribution in [-0.4, -0.2) is 6.54 Å². The van der Waals surface area contributed by atoms with Gasteiger partial charge in [-0.15, -0.1) is 0 Å². The minimum absolute atomic E-state index is 0.396. The van der Waals surface area contributed by atoms with Crippen LogP contribution in [-0.2, 0) is 6.42 Å². The van der Waals surface area contributed by atoms with Crippen LogP contribution in [0.5, 0.6) is 0 Å². The van der Waals surface area contributed by atoms with E-state index in [2.05, 4.69) is 75.5 Å². The Morgan fingerprint density at radius 3 is 2.14 bits per heavy atom. The molecule has 0 fully saturated rings. The number of nitrogens with one attached hydrogen (secondary N) is 1. The third-order valence-electron chi connectivity index (χ3n) is 4.01. The highest BCUT2D eigenvalue weighted by Gasteiger charge is 2.16. The van der Waals surface area contributed by atoms with Crippen molar-refractivity contribution in [2.24, 2.45) is 0 Å². The Balaban J connectivity index is 2.32. The van der Waals surface area contributed by atoms with Crippen molar-refractivity contribution in [2.45, 2.75) is 46.6 Å². The van der Waals surface area contributed by atoms with E-state index in [1.807, 2.05) is 0 Å². The quantitative estimate of drug-likeness (QED) is 0.794. The van der Waals surface area contributed by atoms with Crippen LogP contribution < -0.4 is 5.32 Å². The molecule has 0 aromatic heterocycles. The summed E-state index contributed by atoms with van der Waals surface area (Å²) < 4.78 is 0. The molecule has 1 N–H and O–H groups in total. The zero-order valence-electron chi connectivity index (χ0n) is 13.7. The highest BCUT2D eigenvalue weighted by atomic mass is 14.9. The number of aryl methyl sites for hydroxylation is 3. The van der Waals surface area contributed by atoms with Crippen LogP contribution in [0.1, 0.15) is 47.2 Å². The Kier molecular flexibility index (Phi) is 5.58. The van der Waals surface area contributed by atoms with Crippen LogP contribution in [0.25, 0.3) is 0 Å². The molecule has 2 aromatic rings. The lowest BCUT2D eigenvalue weighted by Crippen LogP contribution is -2.25. The first-order valence-electron chi connectivity index (χ1n) is 7.97. The van der Waals surface area contributed by atoms with E-state index in [0.717, 1.165) is 19.4 Å². The molecule has 1 atom stereocenters. The summed E-state index contributed by atoms with van der Waals surface area (Å²) in [5.74, 6) is 0. The molecule has 0 spiro atoms. The number of hydrogen-bond acceptors (Lipinski definition) is 1. The molecular formula is C20H27N. The van der Waals surface area contributed by atoms with Gasteiger partial charge in [-0.2, -0.15) is 0 Å². The van der Waals surface area contributed by atoms with E-state index in [-0.39, 0.29) is 0 Å². The summed E-state index contributed by atoms with van der Waals surface area (Å²) in [5.41, 5.74) is 7.01. The van der Waals surface area contributed by atoms with Gasteiger partial charge in [0.15, 0.2) is 0 Å². The van der Waals surface area contributed by atoms with E-state index in [9.17, 15) is 0 Å². The Morgan fingerprint density at radius 2 is 1.57 bits per heavy atom. The molecule has 0 radical (unpaired) electrons.